The van der Waals surface area contributed by atoms with Gasteiger partial charge in [0.25, 0.3) is 0 Å². The molecule has 0 fully saturated rings. The highest BCUT2D eigenvalue weighted by Gasteiger charge is 2.46. The Balaban J connectivity index is 1.26. The molecule has 0 saturated carbocycles. The van der Waals surface area contributed by atoms with Gasteiger partial charge in [0.15, 0.2) is 0 Å². The first-order valence-corrected chi connectivity index (χ1v) is 21.9. The molecular weight excluding hydrogens is 739 g/mol. The molecule has 0 unspecified atom stereocenters. The summed E-state index contributed by atoms with van der Waals surface area (Å²) >= 11 is 0. The molecule has 3 aliphatic rings. The molecule has 4 heterocycles. The first kappa shape index (κ1) is 35.0. The summed E-state index contributed by atoms with van der Waals surface area (Å²) in [6.45, 7) is 11.9. The first-order valence-electron chi connectivity index (χ1n) is 21.9. The quantitative estimate of drug-likeness (QED) is 0.166. The van der Waals surface area contributed by atoms with E-state index in [1.807, 2.05) is 0 Å². The third-order valence-corrected chi connectivity index (χ3v) is 14.7. The van der Waals surface area contributed by atoms with Gasteiger partial charge >= 0.3 is 6.85 Å². The summed E-state index contributed by atoms with van der Waals surface area (Å²) in [5.74, 6) is 0.901. The average molecular weight is 785 g/mol. The zero-order valence-electron chi connectivity index (χ0n) is 35.3. The van der Waals surface area contributed by atoms with Crippen LogP contribution in [0.3, 0.4) is 0 Å². The molecule has 2 aromatic heterocycles. The lowest BCUT2D eigenvalue weighted by Gasteiger charge is -2.42. The SMILES string of the molecule is Cc1ccc(N2B3c4cc5oc(-c6ccccc6)c(-c6ccccc6)c5cc4-n4c5cc6c(cc5c5c7ccccc7c(c3c54)-c3ccccc32)C(C)(C)CCC6(C)C)cc1. The number of anilines is 2. The molecule has 292 valence electrons. The third-order valence-electron chi connectivity index (χ3n) is 14.7. The normalized spacial score (nSPS) is 15.7. The van der Waals surface area contributed by atoms with E-state index in [-0.39, 0.29) is 17.7 Å². The van der Waals surface area contributed by atoms with Crippen LogP contribution in [0.15, 0.2) is 162 Å². The fraction of sp³-hybridized carbons (Fsp3) is 0.158. The number of benzene rings is 8. The van der Waals surface area contributed by atoms with Crippen molar-refractivity contribution < 1.29 is 4.42 Å². The Hall–Kier alpha value is -6.78. The lowest BCUT2D eigenvalue weighted by Crippen LogP contribution is -2.60. The number of aromatic nitrogens is 1. The van der Waals surface area contributed by atoms with Gasteiger partial charge in [0.2, 0.25) is 0 Å². The van der Waals surface area contributed by atoms with Crippen LogP contribution in [-0.2, 0) is 10.8 Å². The molecule has 0 bridgehead atoms. The van der Waals surface area contributed by atoms with Crippen molar-refractivity contribution in [3.05, 3.63) is 174 Å². The lowest BCUT2D eigenvalue weighted by molar-refractivity contribution is 0.332. The minimum atomic E-state index is -0.121. The monoisotopic (exact) mass is 784 g/mol. The van der Waals surface area contributed by atoms with Crippen molar-refractivity contribution in [3.63, 3.8) is 0 Å². The second-order valence-corrected chi connectivity index (χ2v) is 19.1. The highest BCUT2D eigenvalue weighted by molar-refractivity contribution is 6.94. The summed E-state index contributed by atoms with van der Waals surface area (Å²) in [7, 11) is 0. The van der Waals surface area contributed by atoms with Crippen molar-refractivity contribution in [2.75, 3.05) is 4.81 Å². The van der Waals surface area contributed by atoms with Gasteiger partial charge in [-0.1, -0.05) is 149 Å². The number of rotatable bonds is 3. The second-order valence-electron chi connectivity index (χ2n) is 19.1. The molecule has 0 radical (unpaired) electrons. The van der Waals surface area contributed by atoms with E-state index >= 15 is 0 Å². The number of aryl methyl sites for hydroxylation is 1. The predicted molar refractivity (Wildman–Crippen MR) is 258 cm³/mol. The topological polar surface area (TPSA) is 21.3 Å². The summed E-state index contributed by atoms with van der Waals surface area (Å²) < 4.78 is 9.84. The molecule has 8 aromatic carbocycles. The number of furan rings is 1. The van der Waals surface area contributed by atoms with Gasteiger partial charge in [-0.15, -0.1) is 0 Å². The highest BCUT2D eigenvalue weighted by atomic mass is 16.3. The molecule has 0 amide bonds. The Bertz CT molecular complexity index is 3480. The van der Waals surface area contributed by atoms with Crippen LogP contribution in [0.5, 0.6) is 0 Å². The van der Waals surface area contributed by atoms with Gasteiger partial charge in [0, 0.05) is 49.9 Å². The van der Waals surface area contributed by atoms with Gasteiger partial charge in [-0.2, -0.15) is 0 Å². The van der Waals surface area contributed by atoms with Gasteiger partial charge in [0.05, 0.1) is 11.0 Å². The zero-order valence-corrected chi connectivity index (χ0v) is 35.3. The number of fused-ring (bicyclic) bond motifs is 13. The van der Waals surface area contributed by atoms with Crippen LogP contribution in [0.4, 0.5) is 11.4 Å². The van der Waals surface area contributed by atoms with Crippen LogP contribution >= 0.6 is 0 Å². The zero-order chi connectivity index (χ0) is 40.9. The van der Waals surface area contributed by atoms with Crippen molar-refractivity contribution in [2.45, 2.75) is 58.3 Å². The molecule has 0 atom stereocenters. The summed E-state index contributed by atoms with van der Waals surface area (Å²) in [5.41, 5.74) is 20.0. The Labute approximate surface area is 357 Å². The van der Waals surface area contributed by atoms with E-state index in [1.54, 1.807) is 0 Å². The van der Waals surface area contributed by atoms with Crippen molar-refractivity contribution in [1.82, 2.24) is 4.57 Å². The van der Waals surface area contributed by atoms with E-state index in [4.69, 9.17) is 4.42 Å². The van der Waals surface area contributed by atoms with Gasteiger partial charge in [-0.05, 0) is 117 Å². The number of hydrogen-bond donors (Lipinski definition) is 0. The smallest absolute Gasteiger partial charge is 0.333 e. The Morgan fingerprint density at radius 1 is 0.557 bits per heavy atom. The van der Waals surface area contributed by atoms with Crippen LogP contribution in [0.1, 0.15) is 57.2 Å². The number of para-hydroxylation sites is 1. The largest absolute Gasteiger partial charge is 0.455 e. The van der Waals surface area contributed by atoms with Crippen molar-refractivity contribution in [2.24, 2.45) is 0 Å². The first-order chi connectivity index (χ1) is 29.7. The van der Waals surface area contributed by atoms with Crippen LogP contribution in [0.2, 0.25) is 0 Å². The molecule has 1 aliphatic carbocycles. The minimum Gasteiger partial charge on any atom is -0.455 e. The molecule has 3 nitrogen and oxygen atoms in total. The average Bonchev–Trinajstić information content (AvgIpc) is 3.83. The van der Waals surface area contributed by atoms with Gasteiger partial charge < -0.3 is 13.8 Å². The molecule has 10 aromatic rings. The summed E-state index contributed by atoms with van der Waals surface area (Å²) in [6, 6.07) is 59.0. The van der Waals surface area contributed by atoms with Crippen LogP contribution in [-0.4, -0.2) is 11.4 Å². The van der Waals surface area contributed by atoms with E-state index in [0.29, 0.717) is 0 Å². The van der Waals surface area contributed by atoms with E-state index in [1.165, 1.54) is 94.8 Å². The van der Waals surface area contributed by atoms with Crippen LogP contribution in [0.25, 0.3) is 82.8 Å². The van der Waals surface area contributed by atoms with E-state index < -0.39 is 0 Å². The molecule has 0 N–H and O–H groups in total. The van der Waals surface area contributed by atoms with Crippen LogP contribution in [0, 0.1) is 6.92 Å². The summed E-state index contributed by atoms with van der Waals surface area (Å²) in [4.78, 5) is 2.62. The third kappa shape index (κ3) is 4.71. The number of nitrogens with zero attached hydrogens (tertiary/aromatic N) is 2. The predicted octanol–water partition coefficient (Wildman–Crippen LogP) is 13.9. The van der Waals surface area contributed by atoms with Gasteiger partial charge in [-0.3, -0.25) is 0 Å². The standard InChI is InChI=1S/C57H45BN2O/c1-34-24-26-37(27-25-34)60-46-23-15-14-22-40(46)51-38-20-12-13-21-39(38)52-41-30-43-44(57(4,5)29-28-56(43,2)3)32-47(41)59-48-31-42-49(33-45(48)58(60)53(51)54(52)59)61-55(36-18-10-7-11-19-36)50(42)35-16-8-6-9-17-35/h6-27,30-33H,28-29H2,1-5H3. The van der Waals surface area contributed by atoms with Crippen LogP contribution < -0.4 is 15.7 Å². The number of hydrogen-bond acceptors (Lipinski definition) is 2. The Morgan fingerprint density at radius 3 is 1.93 bits per heavy atom. The minimum absolute atomic E-state index is 0.0536. The Kier molecular flexibility index (Phi) is 6.99. The van der Waals surface area contributed by atoms with Gasteiger partial charge in [-0.25, -0.2) is 0 Å². The summed E-state index contributed by atoms with van der Waals surface area (Å²) in [6.07, 6.45) is 2.33. The molecule has 4 heteroatoms. The fourth-order valence-electron chi connectivity index (χ4n) is 11.6. The molecular formula is C57H45BN2O. The molecule has 0 spiro atoms. The van der Waals surface area contributed by atoms with Crippen molar-refractivity contribution in [1.29, 1.82) is 0 Å². The molecule has 2 aliphatic heterocycles. The molecule has 0 saturated heterocycles. The molecule has 61 heavy (non-hydrogen) atoms. The van der Waals surface area contributed by atoms with Crippen molar-refractivity contribution in [3.8, 4) is 39.3 Å². The Morgan fingerprint density at radius 2 is 1.20 bits per heavy atom. The van der Waals surface area contributed by atoms with Gasteiger partial charge in [0.1, 0.15) is 11.3 Å². The van der Waals surface area contributed by atoms with Crippen molar-refractivity contribution >= 4 is 72.7 Å². The maximum Gasteiger partial charge on any atom is 0.333 e. The molecule has 13 rings (SSSR count). The maximum atomic E-state index is 7.17. The van der Waals surface area contributed by atoms with E-state index in [0.717, 1.165) is 39.8 Å². The van der Waals surface area contributed by atoms with E-state index in [9.17, 15) is 0 Å². The summed E-state index contributed by atoms with van der Waals surface area (Å²) in [5, 5.41) is 6.44. The van der Waals surface area contributed by atoms with E-state index in [2.05, 4.69) is 202 Å². The second kappa shape index (κ2) is 12.2. The highest BCUT2D eigenvalue weighted by Crippen LogP contribution is 2.53. The maximum absolute atomic E-state index is 7.17. The lowest BCUT2D eigenvalue weighted by atomic mass is 9.43. The fourth-order valence-corrected chi connectivity index (χ4v) is 11.6.